The second kappa shape index (κ2) is 12.9. The van der Waals surface area contributed by atoms with Crippen molar-refractivity contribution in [3.05, 3.63) is 87.2 Å². The highest BCUT2D eigenvalue weighted by atomic mass is 19.1. The first-order valence-electron chi connectivity index (χ1n) is 17.4. The molecule has 50 heavy (non-hydrogen) atoms. The lowest BCUT2D eigenvalue weighted by Gasteiger charge is -2.46. The molecule has 2 fully saturated rings. The highest BCUT2D eigenvalue weighted by molar-refractivity contribution is 6.07. The average Bonchev–Trinajstić information content (AvgIpc) is 3.38. The van der Waals surface area contributed by atoms with E-state index in [-0.39, 0.29) is 29.2 Å². The lowest BCUT2D eigenvalue weighted by Crippen LogP contribution is -2.59. The molecule has 0 saturated carbocycles. The normalized spacial score (nSPS) is 19.7. The molecule has 0 unspecified atom stereocenters. The number of carbonyl (C=O) groups excluding carboxylic acids is 1. The van der Waals surface area contributed by atoms with Gasteiger partial charge in [0.1, 0.15) is 23.0 Å². The summed E-state index contributed by atoms with van der Waals surface area (Å²) in [5.74, 6) is -1.22. The number of carbonyl (C=O) groups is 1. The van der Waals surface area contributed by atoms with E-state index in [9.17, 15) is 14.7 Å². The molecule has 4 aromatic rings. The van der Waals surface area contributed by atoms with Crippen molar-refractivity contribution in [2.75, 3.05) is 54.5 Å². The Morgan fingerprint density at radius 3 is 2.58 bits per heavy atom. The molecule has 11 nitrogen and oxygen atoms in total. The topological polar surface area (TPSA) is 108 Å². The minimum atomic E-state index is -0.627. The van der Waals surface area contributed by atoms with Crippen LogP contribution in [0.3, 0.4) is 0 Å². The molecule has 3 aromatic heterocycles. The Hall–Kier alpha value is -4.59. The molecule has 1 aromatic carbocycles. The zero-order chi connectivity index (χ0) is 34.7. The number of piperazine rings is 1. The number of rotatable bonds is 7. The Bertz CT molecular complexity index is 2020. The van der Waals surface area contributed by atoms with Crippen LogP contribution in [0.4, 0.5) is 31.7 Å². The third-order valence-corrected chi connectivity index (χ3v) is 10.8. The van der Waals surface area contributed by atoms with Crippen LogP contribution in [0, 0.1) is 11.6 Å². The summed E-state index contributed by atoms with van der Waals surface area (Å²) < 4.78 is 39.5. The third kappa shape index (κ3) is 5.57. The van der Waals surface area contributed by atoms with Gasteiger partial charge >= 0.3 is 0 Å². The number of nitrogens with one attached hydrogen (secondary N) is 1. The summed E-state index contributed by atoms with van der Waals surface area (Å²) in [7, 11) is 1.59. The summed E-state index contributed by atoms with van der Waals surface area (Å²) in [6, 6.07) is 8.70. The largest absolute Gasteiger partial charge is 0.392 e. The van der Waals surface area contributed by atoms with Crippen molar-refractivity contribution >= 4 is 28.8 Å². The summed E-state index contributed by atoms with van der Waals surface area (Å²) in [6.45, 7) is 6.65. The Labute approximate surface area is 288 Å². The van der Waals surface area contributed by atoms with Gasteiger partial charge in [-0.3, -0.25) is 14.5 Å². The van der Waals surface area contributed by atoms with Crippen LogP contribution in [-0.2, 0) is 37.8 Å². The fourth-order valence-corrected chi connectivity index (χ4v) is 8.07. The van der Waals surface area contributed by atoms with Gasteiger partial charge < -0.3 is 34.1 Å². The maximum absolute atomic E-state index is 15.6. The Balaban J connectivity index is 1.07. The molecule has 6 heterocycles. The summed E-state index contributed by atoms with van der Waals surface area (Å²) >= 11 is 0. The zero-order valence-corrected chi connectivity index (χ0v) is 28.3. The number of halogens is 2. The SMILES string of the molecule is C[C@H]1CN(C2COC2)CCN1c1ccc(Nc2cc(-c3cc(F)cc(N4CCn5c6c(c(F)c5C4=O)CCCC6)c3CO)cn(C)c2=O)nc1. The van der Waals surface area contributed by atoms with E-state index in [1.807, 2.05) is 12.1 Å². The van der Waals surface area contributed by atoms with Gasteiger partial charge in [0.2, 0.25) is 0 Å². The first-order valence-corrected chi connectivity index (χ1v) is 17.4. The van der Waals surface area contributed by atoms with Crippen molar-refractivity contribution in [3.63, 3.8) is 0 Å². The standard InChI is InChI=1S/C37H41F2N7O4/c1-22-17-43(26-20-50-21-26)9-10-44(22)25-7-8-33(40-16-25)41-30-13-23(18-42(2)36(30)48)28-14-24(38)15-32(29(28)19-47)46-12-11-45-31-6-4-3-5-27(31)34(39)35(45)37(46)49/h7-8,13-16,18,22,26,47H,3-6,9-12,17,19-21H2,1-2H3,(H,40,41)/t22-/m0/s1. The molecular weight excluding hydrogens is 644 g/mol. The van der Waals surface area contributed by atoms with Crippen molar-refractivity contribution in [2.24, 2.45) is 7.05 Å². The van der Waals surface area contributed by atoms with Gasteiger partial charge in [0.25, 0.3) is 11.5 Å². The van der Waals surface area contributed by atoms with E-state index in [0.29, 0.717) is 53.1 Å². The second-order valence-corrected chi connectivity index (χ2v) is 13.8. The second-order valence-electron chi connectivity index (χ2n) is 13.8. The van der Waals surface area contributed by atoms with E-state index in [1.165, 1.54) is 21.6 Å². The van der Waals surface area contributed by atoms with E-state index >= 15 is 8.78 Å². The predicted octanol–water partition coefficient (Wildman–Crippen LogP) is 4.21. The molecule has 8 rings (SSSR count). The Morgan fingerprint density at radius 1 is 1.04 bits per heavy atom. The number of anilines is 4. The van der Waals surface area contributed by atoms with E-state index in [0.717, 1.165) is 63.5 Å². The molecule has 13 heteroatoms. The minimum Gasteiger partial charge on any atom is -0.392 e. The first-order chi connectivity index (χ1) is 24.2. The smallest absolute Gasteiger partial charge is 0.278 e. The molecule has 262 valence electrons. The summed E-state index contributed by atoms with van der Waals surface area (Å²) in [5, 5.41) is 13.8. The summed E-state index contributed by atoms with van der Waals surface area (Å²) in [4.78, 5) is 37.9. The lowest BCUT2D eigenvalue weighted by atomic mass is 9.97. The van der Waals surface area contributed by atoms with E-state index < -0.39 is 24.1 Å². The number of pyridine rings is 2. The molecule has 0 bridgehead atoms. The summed E-state index contributed by atoms with van der Waals surface area (Å²) in [5.41, 5.74) is 3.60. The van der Waals surface area contributed by atoms with Gasteiger partial charge in [-0.05, 0) is 68.5 Å². The van der Waals surface area contributed by atoms with Gasteiger partial charge in [0, 0.05) is 74.4 Å². The minimum absolute atomic E-state index is 0.00884. The molecule has 2 saturated heterocycles. The Morgan fingerprint density at radius 2 is 1.86 bits per heavy atom. The van der Waals surface area contributed by atoms with Crippen LogP contribution in [0.15, 0.2) is 47.5 Å². The molecule has 4 aliphatic rings. The number of fused-ring (bicyclic) bond motifs is 3. The van der Waals surface area contributed by atoms with E-state index in [1.54, 1.807) is 30.1 Å². The number of aliphatic hydroxyl groups excluding tert-OH is 1. The first kappa shape index (κ1) is 32.6. The van der Waals surface area contributed by atoms with Gasteiger partial charge in [-0.25, -0.2) is 13.8 Å². The van der Waals surface area contributed by atoms with Crippen LogP contribution < -0.4 is 20.7 Å². The van der Waals surface area contributed by atoms with Crippen molar-refractivity contribution < 1.29 is 23.4 Å². The van der Waals surface area contributed by atoms with Gasteiger partial charge in [-0.15, -0.1) is 0 Å². The van der Waals surface area contributed by atoms with Crippen molar-refractivity contribution in [1.29, 1.82) is 0 Å². The molecule has 1 aliphatic carbocycles. The fourth-order valence-electron chi connectivity index (χ4n) is 8.07. The van der Waals surface area contributed by atoms with Gasteiger partial charge in [0.15, 0.2) is 5.82 Å². The number of hydrogen-bond donors (Lipinski definition) is 2. The molecule has 1 atom stereocenters. The van der Waals surface area contributed by atoms with E-state index in [2.05, 4.69) is 27.0 Å². The van der Waals surface area contributed by atoms with Crippen LogP contribution in [-0.4, -0.2) is 81.5 Å². The summed E-state index contributed by atoms with van der Waals surface area (Å²) in [6.07, 6.45) is 6.50. The van der Waals surface area contributed by atoms with Gasteiger partial charge in [-0.2, -0.15) is 0 Å². The number of ether oxygens (including phenoxy) is 1. The molecule has 3 aliphatic heterocycles. The number of hydrogen-bond acceptors (Lipinski definition) is 8. The maximum atomic E-state index is 15.6. The predicted molar refractivity (Wildman–Crippen MR) is 186 cm³/mol. The number of aryl methyl sites for hydroxylation is 1. The molecular formula is C37H41F2N7O4. The van der Waals surface area contributed by atoms with Crippen molar-refractivity contribution in [3.8, 4) is 11.1 Å². The number of nitrogens with zero attached hydrogens (tertiary/aromatic N) is 6. The Kier molecular flexibility index (Phi) is 8.44. The van der Waals surface area contributed by atoms with Crippen LogP contribution in [0.2, 0.25) is 0 Å². The van der Waals surface area contributed by atoms with Crippen LogP contribution in [0.5, 0.6) is 0 Å². The highest BCUT2D eigenvalue weighted by Crippen LogP contribution is 2.38. The monoisotopic (exact) mass is 685 g/mol. The molecule has 0 spiro atoms. The molecule has 1 amide bonds. The van der Waals surface area contributed by atoms with Crippen LogP contribution >= 0.6 is 0 Å². The quantitative estimate of drug-likeness (QED) is 0.298. The van der Waals surface area contributed by atoms with Gasteiger partial charge in [0.05, 0.1) is 43.4 Å². The fraction of sp³-hybridized carbons (Fsp3) is 0.432. The molecule has 0 radical (unpaired) electrons. The number of aromatic nitrogens is 3. The van der Waals surface area contributed by atoms with Gasteiger partial charge in [-0.1, -0.05) is 0 Å². The molecule has 2 N–H and O–H groups in total. The van der Waals surface area contributed by atoms with Crippen molar-refractivity contribution in [2.45, 2.75) is 57.8 Å². The highest BCUT2D eigenvalue weighted by Gasteiger charge is 2.36. The third-order valence-electron chi connectivity index (χ3n) is 10.8. The average molecular weight is 686 g/mol. The van der Waals surface area contributed by atoms with Crippen LogP contribution in [0.25, 0.3) is 11.1 Å². The van der Waals surface area contributed by atoms with Crippen molar-refractivity contribution in [1.82, 2.24) is 19.0 Å². The number of amides is 1. The zero-order valence-electron chi connectivity index (χ0n) is 28.3. The lowest BCUT2D eigenvalue weighted by molar-refractivity contribution is -0.0691. The van der Waals surface area contributed by atoms with E-state index in [4.69, 9.17) is 4.74 Å². The number of benzene rings is 1. The maximum Gasteiger partial charge on any atom is 0.278 e. The number of aliphatic hydroxyl groups is 1. The van der Waals surface area contributed by atoms with Crippen LogP contribution in [0.1, 0.15) is 47.1 Å².